The second kappa shape index (κ2) is 34.5. The Morgan fingerprint density at radius 2 is 1.00 bits per heavy atom. The number of hydrogen-bond donors (Lipinski definition) is 16. The van der Waals surface area contributed by atoms with Gasteiger partial charge < -0.3 is 80.9 Å². The Labute approximate surface area is 476 Å². The van der Waals surface area contributed by atoms with Crippen LogP contribution in [-0.2, 0) is 65.6 Å². The van der Waals surface area contributed by atoms with Crippen molar-refractivity contribution in [2.75, 3.05) is 19.6 Å². The normalized spacial score (nSPS) is 14.0. The Morgan fingerprint density at radius 1 is 0.524 bits per heavy atom. The van der Waals surface area contributed by atoms with E-state index in [2.05, 4.69) is 52.8 Å². The largest absolute Gasteiger partial charge is 0.480 e. The number of nitrogens with one attached hydrogen (secondary N) is 11. The molecule has 8 atom stereocenters. The van der Waals surface area contributed by atoms with E-state index in [0.717, 1.165) is 10.9 Å². The number of nitrogens with two attached hydrogens (primary N) is 4. The number of rotatable bonds is 37. The van der Waals surface area contributed by atoms with E-state index in [1.807, 2.05) is 24.3 Å². The molecule has 0 saturated heterocycles. The van der Waals surface area contributed by atoms with Crippen LogP contribution in [0.25, 0.3) is 10.9 Å². The maximum absolute atomic E-state index is 14.7. The molecule has 2 aromatic carbocycles. The monoisotopic (exact) mass is 1150 g/mol. The van der Waals surface area contributed by atoms with Gasteiger partial charge in [0.15, 0.2) is 5.96 Å². The molecule has 1 aromatic heterocycles. The summed E-state index contributed by atoms with van der Waals surface area (Å²) < 4.78 is 0. The van der Waals surface area contributed by atoms with Crippen LogP contribution in [0.5, 0.6) is 0 Å². The first-order valence-corrected chi connectivity index (χ1v) is 27.4. The molecular formula is C55H83N15O12. The first kappa shape index (κ1) is 67.7. The first-order valence-electron chi connectivity index (χ1n) is 27.4. The van der Waals surface area contributed by atoms with Gasteiger partial charge in [0, 0.05) is 55.2 Å². The minimum absolute atomic E-state index is 0.0196. The zero-order valence-corrected chi connectivity index (χ0v) is 47.2. The highest BCUT2D eigenvalue weighted by atomic mass is 16.4. The molecule has 10 amide bonds. The number of H-pyrrole nitrogens is 1. The summed E-state index contributed by atoms with van der Waals surface area (Å²) in [5.41, 5.74) is 24.0. The number of carboxylic acids is 1. The lowest BCUT2D eigenvalue weighted by molar-refractivity contribution is -0.138. The first-order chi connectivity index (χ1) is 38.8. The van der Waals surface area contributed by atoms with Crippen molar-refractivity contribution in [1.82, 2.24) is 52.8 Å². The van der Waals surface area contributed by atoms with Gasteiger partial charge in [-0.2, -0.15) is 0 Å². The minimum atomic E-state index is -1.51. The van der Waals surface area contributed by atoms with Crippen molar-refractivity contribution in [1.29, 1.82) is 5.41 Å². The van der Waals surface area contributed by atoms with Crippen molar-refractivity contribution < 1.29 is 57.8 Å². The number of para-hydroxylation sites is 1. The third-order valence-corrected chi connectivity index (χ3v) is 13.3. The van der Waals surface area contributed by atoms with E-state index in [0.29, 0.717) is 24.0 Å². The number of hydrogen-bond acceptors (Lipinski definition) is 13. The third kappa shape index (κ3) is 23.6. The fraction of sp³-hybridized carbons (Fsp3) is 0.527. The molecule has 0 saturated carbocycles. The summed E-state index contributed by atoms with van der Waals surface area (Å²) in [7, 11) is 0. The van der Waals surface area contributed by atoms with Gasteiger partial charge in [-0.1, -0.05) is 83.1 Å². The standard InChI is InChI=1S/C55H83N15O12/c1-30(2)45(54(82)66-39(21-23-43(58)72)49(77)64-37(19-13-25-61-55(59)60)48(76)63-29-44(73)74)69-50(78)38(18-11-12-24-56)65-53(81)46(31(3)4)70-52(80)41(27-34-28-62-36-17-10-9-16-35(34)36)68-51(79)40(26-33-14-7-6-8-15-33)67-47(75)32(5)20-22-42(57)71/h6-10,14-17,28,30-32,37-41,45-46,62H,11-13,18-27,29,56H2,1-5H3,(H2,57,71)(H2,58,72)(H,63,76)(H,64,77)(H,65,81)(H,66,82)(H,67,75)(H,68,79)(H,69,78)(H,70,80)(H,73,74)(H4,59,60,61)/t32-,37-,38-,39-,40-,41-,45-,46-/m0/s1. The third-order valence-electron chi connectivity index (χ3n) is 13.3. The molecule has 0 bridgehead atoms. The van der Waals surface area contributed by atoms with Crippen molar-refractivity contribution in [3.05, 3.63) is 71.9 Å². The molecule has 0 aliphatic carbocycles. The van der Waals surface area contributed by atoms with Gasteiger partial charge in [0.1, 0.15) is 48.8 Å². The molecule has 450 valence electrons. The van der Waals surface area contributed by atoms with Crippen LogP contribution in [0.2, 0.25) is 0 Å². The summed E-state index contributed by atoms with van der Waals surface area (Å²) >= 11 is 0. The predicted octanol–water partition coefficient (Wildman–Crippen LogP) is -1.58. The van der Waals surface area contributed by atoms with Gasteiger partial charge in [0.2, 0.25) is 59.1 Å². The molecule has 27 nitrogen and oxygen atoms in total. The summed E-state index contributed by atoms with van der Waals surface area (Å²) in [6.45, 7) is 7.70. The molecule has 82 heavy (non-hydrogen) atoms. The van der Waals surface area contributed by atoms with Gasteiger partial charge in [0.25, 0.3) is 0 Å². The molecule has 0 radical (unpaired) electrons. The van der Waals surface area contributed by atoms with Gasteiger partial charge in [-0.25, -0.2) is 0 Å². The summed E-state index contributed by atoms with van der Waals surface area (Å²) in [5, 5.41) is 40.8. The Balaban J connectivity index is 1.93. The Morgan fingerprint density at radius 3 is 1.57 bits per heavy atom. The number of fused-ring (bicyclic) bond motifs is 1. The highest BCUT2D eigenvalue weighted by molar-refractivity contribution is 5.98. The van der Waals surface area contributed by atoms with Gasteiger partial charge in [-0.3, -0.25) is 58.1 Å². The summed E-state index contributed by atoms with van der Waals surface area (Å²) in [5.74, 6) is -11.5. The number of aromatic nitrogens is 1. The summed E-state index contributed by atoms with van der Waals surface area (Å²) in [4.78, 5) is 150. The smallest absolute Gasteiger partial charge is 0.322 e. The molecule has 0 aliphatic heterocycles. The van der Waals surface area contributed by atoms with Crippen LogP contribution in [-0.4, -0.2) is 143 Å². The number of aromatic amines is 1. The second-order valence-corrected chi connectivity index (χ2v) is 20.8. The topological polar surface area (TPSA) is 460 Å². The number of amides is 10. The molecule has 3 aromatic rings. The molecule has 27 heteroatoms. The van der Waals surface area contributed by atoms with Gasteiger partial charge in [0.05, 0.1) is 0 Å². The lowest BCUT2D eigenvalue weighted by Crippen LogP contribution is -2.61. The van der Waals surface area contributed by atoms with Crippen LogP contribution < -0.4 is 70.8 Å². The molecule has 0 spiro atoms. The molecule has 0 fully saturated rings. The van der Waals surface area contributed by atoms with Crippen molar-refractivity contribution in [2.24, 2.45) is 40.7 Å². The average Bonchev–Trinajstić information content (AvgIpc) is 3.96. The Kier molecular flexibility index (Phi) is 28.5. The van der Waals surface area contributed by atoms with E-state index in [1.54, 1.807) is 71.1 Å². The number of carboxylic acid groups (broad SMARTS) is 1. The van der Waals surface area contributed by atoms with Crippen molar-refractivity contribution in [3.63, 3.8) is 0 Å². The lowest BCUT2D eigenvalue weighted by atomic mass is 9.98. The van der Waals surface area contributed by atoms with Gasteiger partial charge in [-0.15, -0.1) is 0 Å². The lowest BCUT2D eigenvalue weighted by Gasteiger charge is -2.30. The zero-order chi connectivity index (χ0) is 61.1. The highest BCUT2D eigenvalue weighted by Gasteiger charge is 2.36. The number of carbonyl (C=O) groups excluding carboxylic acids is 10. The number of primary amides is 2. The number of benzene rings is 2. The minimum Gasteiger partial charge on any atom is -0.480 e. The zero-order valence-electron chi connectivity index (χ0n) is 47.2. The predicted molar refractivity (Wildman–Crippen MR) is 304 cm³/mol. The SMILES string of the molecule is CC(C)[C@H](NC(=O)[C@H](CCCCN)NC(=O)[C@@H](NC(=O)[C@H](Cc1c[nH]c2ccccc12)NC(=O)[C@H](Cc1ccccc1)NC(=O)[C@@H](C)CCC(N)=O)C(C)C)C(=O)N[C@@H](CCC(N)=O)C(=O)N[C@@H](CCCNC(=N)N)C(=O)NCC(=O)O. The molecule has 3 rings (SSSR count). The quantitative estimate of drug-likeness (QED) is 0.0176. The fourth-order valence-corrected chi connectivity index (χ4v) is 8.64. The van der Waals surface area contributed by atoms with Crippen LogP contribution in [0.1, 0.15) is 104 Å². The van der Waals surface area contributed by atoms with Gasteiger partial charge in [-0.05, 0) is 80.5 Å². The van der Waals surface area contributed by atoms with Crippen LogP contribution in [0.15, 0.2) is 60.8 Å². The maximum atomic E-state index is 14.7. The molecular weight excluding hydrogens is 1060 g/mol. The highest BCUT2D eigenvalue weighted by Crippen LogP contribution is 2.20. The van der Waals surface area contributed by atoms with Crippen LogP contribution in [0.3, 0.4) is 0 Å². The van der Waals surface area contributed by atoms with E-state index in [9.17, 15) is 52.7 Å². The second-order valence-electron chi connectivity index (χ2n) is 20.8. The van der Waals surface area contributed by atoms with Crippen molar-refractivity contribution >= 4 is 81.9 Å². The number of carbonyl (C=O) groups is 11. The fourth-order valence-electron chi connectivity index (χ4n) is 8.64. The summed E-state index contributed by atoms with van der Waals surface area (Å²) in [6, 6.07) is 6.76. The van der Waals surface area contributed by atoms with E-state index >= 15 is 0 Å². The van der Waals surface area contributed by atoms with Crippen LogP contribution in [0, 0.1) is 23.2 Å². The van der Waals surface area contributed by atoms with E-state index in [-0.39, 0.29) is 70.4 Å². The van der Waals surface area contributed by atoms with Gasteiger partial charge >= 0.3 is 5.97 Å². The number of unbranched alkanes of at least 4 members (excludes halogenated alkanes) is 1. The Hall–Kier alpha value is -8.62. The van der Waals surface area contributed by atoms with Crippen LogP contribution >= 0.6 is 0 Å². The molecule has 1 heterocycles. The van der Waals surface area contributed by atoms with E-state index in [1.165, 1.54) is 0 Å². The van der Waals surface area contributed by atoms with Crippen molar-refractivity contribution in [2.45, 2.75) is 148 Å². The molecule has 20 N–H and O–H groups in total. The van der Waals surface area contributed by atoms with E-state index < -0.39 is 138 Å². The van der Waals surface area contributed by atoms with Crippen LogP contribution in [0.4, 0.5) is 0 Å². The molecule has 0 unspecified atom stereocenters. The van der Waals surface area contributed by atoms with Crippen molar-refractivity contribution in [3.8, 4) is 0 Å². The number of guanidine groups is 1. The number of aliphatic carboxylic acids is 1. The molecule has 0 aliphatic rings. The summed E-state index contributed by atoms with van der Waals surface area (Å²) in [6.07, 6.45) is 1.85. The average molecular weight is 1150 g/mol. The maximum Gasteiger partial charge on any atom is 0.322 e. The Bertz CT molecular complexity index is 2680. The van der Waals surface area contributed by atoms with E-state index in [4.69, 9.17) is 33.5 Å².